The molecule has 6 nitrogen and oxygen atoms in total. The number of rotatable bonds is 4. The number of carbonyl (C=O) groups excluding carboxylic acids is 2. The lowest BCUT2D eigenvalue weighted by Gasteiger charge is -2.48. The molecule has 1 aromatic rings. The molecule has 1 aliphatic rings. The number of likely N-dealkylation sites (tertiary alicyclic amines) is 1. The van der Waals surface area contributed by atoms with Gasteiger partial charge in [-0.2, -0.15) is 0 Å². The Bertz CT molecular complexity index is 516. The van der Waals surface area contributed by atoms with Crippen molar-refractivity contribution in [1.29, 1.82) is 0 Å². The van der Waals surface area contributed by atoms with Crippen LogP contribution in [-0.4, -0.2) is 41.1 Å². The summed E-state index contributed by atoms with van der Waals surface area (Å²) in [6.07, 6.45) is -0.419. The molecule has 0 unspecified atom stereocenters. The first-order chi connectivity index (χ1) is 9.72. The molecule has 0 saturated carbocycles. The Morgan fingerprint density at radius 1 is 1.48 bits per heavy atom. The van der Waals surface area contributed by atoms with Crippen LogP contribution in [0.15, 0.2) is 17.5 Å². The number of hydrogen-bond donors (Lipinski definition) is 2. The van der Waals surface area contributed by atoms with Crippen LogP contribution in [-0.2, 0) is 16.1 Å². The third kappa shape index (κ3) is 3.74. The molecule has 21 heavy (non-hydrogen) atoms. The minimum Gasteiger partial charge on any atom is -0.444 e. The van der Waals surface area contributed by atoms with Crippen LogP contribution in [0.5, 0.6) is 0 Å². The molecule has 1 aromatic heterocycles. The molecule has 2 rings (SSSR count). The fourth-order valence-corrected chi connectivity index (χ4v) is 2.73. The molecule has 3 N–H and O–H groups in total. The summed E-state index contributed by atoms with van der Waals surface area (Å²) in [6.45, 7) is 6.46. The van der Waals surface area contributed by atoms with E-state index in [2.05, 4.69) is 5.32 Å². The van der Waals surface area contributed by atoms with Gasteiger partial charge < -0.3 is 15.4 Å². The van der Waals surface area contributed by atoms with Gasteiger partial charge in [-0.1, -0.05) is 6.07 Å². The number of ether oxygens (including phenoxy) is 1. The number of carbonyl (C=O) groups is 2. The Hall–Kier alpha value is -1.60. The van der Waals surface area contributed by atoms with Crippen molar-refractivity contribution >= 4 is 23.3 Å². The number of amides is 2. The molecule has 2 heterocycles. The lowest BCUT2D eigenvalue weighted by atomic mass is 9.89. The standard InChI is InChI=1S/C14H21N3O3S/c1-13(2,3)20-12(19)17-8-14(9-17,11(15)18)16-7-10-5-4-6-21-10/h4-6,16H,7-9H2,1-3H3,(H2,15,18). The number of nitrogens with zero attached hydrogens (tertiary/aromatic N) is 1. The minimum absolute atomic E-state index is 0.239. The molecule has 116 valence electrons. The van der Waals surface area contributed by atoms with Gasteiger partial charge in [-0.3, -0.25) is 10.1 Å². The highest BCUT2D eigenvalue weighted by atomic mass is 32.1. The van der Waals surface area contributed by atoms with E-state index in [0.29, 0.717) is 6.54 Å². The summed E-state index contributed by atoms with van der Waals surface area (Å²) >= 11 is 1.61. The van der Waals surface area contributed by atoms with Gasteiger partial charge in [0.15, 0.2) is 0 Å². The molecule has 7 heteroatoms. The van der Waals surface area contributed by atoms with E-state index in [4.69, 9.17) is 10.5 Å². The van der Waals surface area contributed by atoms with E-state index in [-0.39, 0.29) is 13.1 Å². The first-order valence-electron chi connectivity index (χ1n) is 6.77. The fourth-order valence-electron chi connectivity index (χ4n) is 2.09. The first kappa shape index (κ1) is 15.8. The Kier molecular flexibility index (Phi) is 4.25. The van der Waals surface area contributed by atoms with Gasteiger partial charge in [0, 0.05) is 11.4 Å². The smallest absolute Gasteiger partial charge is 0.410 e. The highest BCUT2D eigenvalue weighted by molar-refractivity contribution is 7.09. The van der Waals surface area contributed by atoms with Crippen molar-refractivity contribution in [2.75, 3.05) is 13.1 Å². The Balaban J connectivity index is 1.92. The SMILES string of the molecule is CC(C)(C)OC(=O)N1CC(NCc2cccs2)(C(N)=O)C1. The Morgan fingerprint density at radius 3 is 2.62 bits per heavy atom. The van der Waals surface area contributed by atoms with Gasteiger partial charge in [-0.15, -0.1) is 11.3 Å². The van der Waals surface area contributed by atoms with Crippen LogP contribution in [0.2, 0.25) is 0 Å². The van der Waals surface area contributed by atoms with E-state index in [1.807, 2.05) is 17.5 Å². The van der Waals surface area contributed by atoms with Crippen molar-refractivity contribution in [3.63, 3.8) is 0 Å². The van der Waals surface area contributed by atoms with Crippen molar-refractivity contribution in [2.24, 2.45) is 5.73 Å². The highest BCUT2D eigenvalue weighted by Gasteiger charge is 2.50. The van der Waals surface area contributed by atoms with Gasteiger partial charge in [0.1, 0.15) is 11.1 Å². The molecular weight excluding hydrogens is 290 g/mol. The summed E-state index contributed by atoms with van der Waals surface area (Å²) in [5.41, 5.74) is 4.08. The van der Waals surface area contributed by atoms with E-state index in [0.717, 1.165) is 4.88 Å². The highest BCUT2D eigenvalue weighted by Crippen LogP contribution is 2.24. The average Bonchev–Trinajstić information content (AvgIpc) is 2.77. The van der Waals surface area contributed by atoms with Crippen molar-refractivity contribution in [3.05, 3.63) is 22.4 Å². The van der Waals surface area contributed by atoms with Crippen molar-refractivity contribution < 1.29 is 14.3 Å². The average molecular weight is 311 g/mol. The third-order valence-electron chi connectivity index (χ3n) is 3.23. The quantitative estimate of drug-likeness (QED) is 0.878. The summed E-state index contributed by atoms with van der Waals surface area (Å²) in [7, 11) is 0. The zero-order valence-electron chi connectivity index (χ0n) is 12.5. The minimum atomic E-state index is -0.860. The van der Waals surface area contributed by atoms with Crippen molar-refractivity contribution in [3.8, 4) is 0 Å². The number of primary amides is 1. The summed E-state index contributed by atoms with van der Waals surface area (Å²) in [4.78, 5) is 26.2. The van der Waals surface area contributed by atoms with Crippen LogP contribution >= 0.6 is 11.3 Å². The summed E-state index contributed by atoms with van der Waals surface area (Å²) in [5, 5.41) is 5.14. The second-order valence-corrected chi connectivity index (χ2v) is 7.25. The van der Waals surface area contributed by atoms with Gasteiger partial charge in [0.2, 0.25) is 5.91 Å². The van der Waals surface area contributed by atoms with E-state index in [1.165, 1.54) is 4.90 Å². The van der Waals surface area contributed by atoms with Gasteiger partial charge >= 0.3 is 6.09 Å². The van der Waals surface area contributed by atoms with Gasteiger partial charge in [-0.05, 0) is 32.2 Å². The summed E-state index contributed by atoms with van der Waals surface area (Å²) < 4.78 is 5.27. The van der Waals surface area contributed by atoms with Crippen LogP contribution in [0.3, 0.4) is 0 Å². The van der Waals surface area contributed by atoms with Crippen molar-refractivity contribution in [1.82, 2.24) is 10.2 Å². The molecule has 0 radical (unpaired) electrons. The van der Waals surface area contributed by atoms with Crippen LogP contribution in [0.25, 0.3) is 0 Å². The van der Waals surface area contributed by atoms with Crippen molar-refractivity contribution in [2.45, 2.75) is 38.5 Å². The number of nitrogens with two attached hydrogens (primary N) is 1. The summed E-state index contributed by atoms with van der Waals surface area (Å²) in [6, 6.07) is 3.93. The Morgan fingerprint density at radius 2 is 2.14 bits per heavy atom. The summed E-state index contributed by atoms with van der Waals surface area (Å²) in [5.74, 6) is -0.445. The zero-order valence-corrected chi connectivity index (χ0v) is 13.3. The van der Waals surface area contributed by atoms with Gasteiger partial charge in [-0.25, -0.2) is 4.79 Å². The van der Waals surface area contributed by atoms with E-state index in [9.17, 15) is 9.59 Å². The van der Waals surface area contributed by atoms with Crippen LogP contribution < -0.4 is 11.1 Å². The fraction of sp³-hybridized carbons (Fsp3) is 0.571. The lowest BCUT2D eigenvalue weighted by Crippen LogP contribution is -2.75. The normalized spacial score (nSPS) is 17.2. The zero-order chi connectivity index (χ0) is 15.7. The van der Waals surface area contributed by atoms with E-state index < -0.39 is 23.1 Å². The molecule has 1 fully saturated rings. The van der Waals surface area contributed by atoms with Gasteiger partial charge in [0.25, 0.3) is 0 Å². The largest absolute Gasteiger partial charge is 0.444 e. The van der Waals surface area contributed by atoms with Gasteiger partial charge in [0.05, 0.1) is 13.1 Å². The number of nitrogens with one attached hydrogen (secondary N) is 1. The van der Waals surface area contributed by atoms with Crippen LogP contribution in [0, 0.1) is 0 Å². The Labute approximate surface area is 128 Å². The number of hydrogen-bond acceptors (Lipinski definition) is 5. The lowest BCUT2D eigenvalue weighted by molar-refractivity contribution is -0.131. The molecular formula is C14H21N3O3S. The monoisotopic (exact) mass is 311 g/mol. The molecule has 0 bridgehead atoms. The topological polar surface area (TPSA) is 84.7 Å². The molecule has 0 spiro atoms. The maximum absolute atomic E-state index is 11.9. The second-order valence-electron chi connectivity index (χ2n) is 6.22. The second kappa shape index (κ2) is 5.65. The molecule has 1 aliphatic heterocycles. The number of thiophene rings is 1. The molecule has 0 atom stereocenters. The van der Waals surface area contributed by atoms with E-state index in [1.54, 1.807) is 32.1 Å². The maximum atomic E-state index is 11.9. The third-order valence-corrected chi connectivity index (χ3v) is 4.10. The van der Waals surface area contributed by atoms with Crippen LogP contribution in [0.4, 0.5) is 4.79 Å². The predicted octanol–water partition coefficient (Wildman–Crippen LogP) is 1.31. The van der Waals surface area contributed by atoms with E-state index >= 15 is 0 Å². The maximum Gasteiger partial charge on any atom is 0.410 e. The van der Waals surface area contributed by atoms with Crippen LogP contribution in [0.1, 0.15) is 25.6 Å². The first-order valence-corrected chi connectivity index (χ1v) is 7.65. The molecule has 0 aliphatic carbocycles. The molecule has 1 saturated heterocycles. The molecule has 0 aromatic carbocycles. The predicted molar refractivity (Wildman–Crippen MR) is 80.9 cm³/mol. The molecule has 2 amide bonds.